The van der Waals surface area contributed by atoms with Crippen LogP contribution >= 0.6 is 0 Å². The minimum absolute atomic E-state index is 0.328. The van der Waals surface area contributed by atoms with Crippen molar-refractivity contribution in [1.82, 2.24) is 5.32 Å². The van der Waals surface area contributed by atoms with Crippen LogP contribution in [0.5, 0.6) is 0 Å². The van der Waals surface area contributed by atoms with E-state index in [9.17, 15) is 8.42 Å². The molecule has 0 radical (unpaired) electrons. The number of hydrogen-bond donors (Lipinski definition) is 1. The molecule has 2 fully saturated rings. The molecule has 0 bridgehead atoms. The number of sulfone groups is 1. The van der Waals surface area contributed by atoms with Gasteiger partial charge < -0.3 is 10.1 Å². The van der Waals surface area contributed by atoms with Gasteiger partial charge in [-0.1, -0.05) is 6.92 Å². The second-order valence-electron chi connectivity index (χ2n) is 5.73. The van der Waals surface area contributed by atoms with Crippen molar-refractivity contribution in [2.75, 3.05) is 31.3 Å². The van der Waals surface area contributed by atoms with E-state index in [1.165, 1.54) is 0 Å². The highest BCUT2D eigenvalue weighted by molar-refractivity contribution is 7.91. The van der Waals surface area contributed by atoms with Crippen molar-refractivity contribution in [3.8, 4) is 0 Å². The molecule has 0 unspecified atom stereocenters. The van der Waals surface area contributed by atoms with E-state index < -0.39 is 9.84 Å². The van der Waals surface area contributed by atoms with Gasteiger partial charge in [0, 0.05) is 25.8 Å². The molecule has 0 saturated carbocycles. The van der Waals surface area contributed by atoms with Gasteiger partial charge in [-0.2, -0.15) is 0 Å². The normalized spacial score (nSPS) is 29.0. The van der Waals surface area contributed by atoms with Crippen LogP contribution in [0.2, 0.25) is 0 Å². The Morgan fingerprint density at radius 2 is 1.82 bits per heavy atom. The first-order chi connectivity index (χ1) is 7.99. The molecule has 0 aromatic carbocycles. The van der Waals surface area contributed by atoms with Crippen LogP contribution < -0.4 is 5.32 Å². The molecule has 0 aromatic rings. The standard InChI is InChI=1S/C12H23NO3S/c1-12(4-6-16-7-5-12)10-13-11-2-8-17(14,15)9-3-11/h11,13H,2-10H2,1H3. The van der Waals surface area contributed by atoms with E-state index >= 15 is 0 Å². The predicted octanol–water partition coefficient (Wildman–Crippen LogP) is 0.970. The van der Waals surface area contributed by atoms with Crippen molar-refractivity contribution >= 4 is 9.84 Å². The molecule has 5 heteroatoms. The first-order valence-electron chi connectivity index (χ1n) is 6.51. The molecule has 2 aliphatic heterocycles. The van der Waals surface area contributed by atoms with Crippen LogP contribution in [0.1, 0.15) is 32.6 Å². The number of hydrogen-bond acceptors (Lipinski definition) is 4. The molecular formula is C12H23NO3S. The van der Waals surface area contributed by atoms with Gasteiger partial charge in [0.05, 0.1) is 11.5 Å². The maximum absolute atomic E-state index is 11.3. The lowest BCUT2D eigenvalue weighted by Gasteiger charge is -2.36. The van der Waals surface area contributed by atoms with Crippen LogP contribution in [0.3, 0.4) is 0 Å². The molecule has 4 nitrogen and oxygen atoms in total. The smallest absolute Gasteiger partial charge is 0.150 e. The van der Waals surface area contributed by atoms with Crippen LogP contribution in [0.4, 0.5) is 0 Å². The average Bonchev–Trinajstić information content (AvgIpc) is 2.29. The zero-order valence-corrected chi connectivity index (χ0v) is 11.4. The van der Waals surface area contributed by atoms with E-state index in [1.54, 1.807) is 0 Å². The number of nitrogens with one attached hydrogen (secondary N) is 1. The number of rotatable bonds is 3. The van der Waals surface area contributed by atoms with Crippen molar-refractivity contribution < 1.29 is 13.2 Å². The second-order valence-corrected chi connectivity index (χ2v) is 8.03. The van der Waals surface area contributed by atoms with Gasteiger partial charge in [-0.3, -0.25) is 0 Å². The summed E-state index contributed by atoms with van der Waals surface area (Å²) < 4.78 is 28.0. The summed E-state index contributed by atoms with van der Waals surface area (Å²) in [4.78, 5) is 0. The summed E-state index contributed by atoms with van der Waals surface area (Å²) in [7, 11) is -2.73. The van der Waals surface area contributed by atoms with Crippen molar-refractivity contribution in [3.05, 3.63) is 0 Å². The molecule has 0 amide bonds. The molecule has 0 spiro atoms. The third-order valence-corrected chi connectivity index (χ3v) is 5.79. The molecule has 2 rings (SSSR count). The molecule has 2 heterocycles. The fourth-order valence-corrected chi connectivity index (χ4v) is 4.02. The Morgan fingerprint density at radius 1 is 1.24 bits per heavy atom. The Hall–Kier alpha value is -0.130. The maximum atomic E-state index is 11.3. The topological polar surface area (TPSA) is 55.4 Å². The monoisotopic (exact) mass is 261 g/mol. The largest absolute Gasteiger partial charge is 0.381 e. The van der Waals surface area contributed by atoms with Gasteiger partial charge in [0.2, 0.25) is 0 Å². The van der Waals surface area contributed by atoms with E-state index in [0.717, 1.165) is 45.4 Å². The molecule has 0 aliphatic carbocycles. The van der Waals surface area contributed by atoms with Gasteiger partial charge in [-0.05, 0) is 31.1 Å². The summed E-state index contributed by atoms with van der Waals surface area (Å²) in [5.74, 6) is 0.703. The van der Waals surface area contributed by atoms with Gasteiger partial charge in [0.1, 0.15) is 9.84 Å². The minimum Gasteiger partial charge on any atom is -0.381 e. The first-order valence-corrected chi connectivity index (χ1v) is 8.33. The van der Waals surface area contributed by atoms with E-state index in [1.807, 2.05) is 0 Å². The highest BCUT2D eigenvalue weighted by Crippen LogP contribution is 2.29. The van der Waals surface area contributed by atoms with Crippen molar-refractivity contribution in [1.29, 1.82) is 0 Å². The maximum Gasteiger partial charge on any atom is 0.150 e. The van der Waals surface area contributed by atoms with Gasteiger partial charge in [-0.15, -0.1) is 0 Å². The van der Waals surface area contributed by atoms with E-state index in [4.69, 9.17) is 4.74 Å². The van der Waals surface area contributed by atoms with Gasteiger partial charge in [0.15, 0.2) is 0 Å². The fraction of sp³-hybridized carbons (Fsp3) is 1.00. The molecule has 0 atom stereocenters. The zero-order valence-electron chi connectivity index (χ0n) is 10.6. The second kappa shape index (κ2) is 5.24. The third-order valence-electron chi connectivity index (χ3n) is 4.07. The Balaban J connectivity index is 1.75. The summed E-state index contributed by atoms with van der Waals surface area (Å²) in [6, 6.07) is 0.387. The van der Waals surface area contributed by atoms with Gasteiger partial charge in [0.25, 0.3) is 0 Å². The number of ether oxygens (including phenoxy) is 1. The quantitative estimate of drug-likeness (QED) is 0.822. The average molecular weight is 261 g/mol. The van der Waals surface area contributed by atoms with Crippen LogP contribution in [-0.4, -0.2) is 45.7 Å². The van der Waals surface area contributed by atoms with Crippen molar-refractivity contribution in [3.63, 3.8) is 0 Å². The van der Waals surface area contributed by atoms with E-state index in [2.05, 4.69) is 12.2 Å². The lowest BCUT2D eigenvalue weighted by molar-refractivity contribution is 0.0227. The van der Waals surface area contributed by atoms with Crippen LogP contribution in [0.25, 0.3) is 0 Å². The predicted molar refractivity (Wildman–Crippen MR) is 67.8 cm³/mol. The highest BCUT2D eigenvalue weighted by atomic mass is 32.2. The lowest BCUT2D eigenvalue weighted by Crippen LogP contribution is -2.44. The lowest BCUT2D eigenvalue weighted by atomic mass is 9.82. The van der Waals surface area contributed by atoms with E-state index in [0.29, 0.717) is 23.0 Å². The molecule has 1 N–H and O–H groups in total. The molecule has 2 saturated heterocycles. The summed E-state index contributed by atoms with van der Waals surface area (Å²) >= 11 is 0. The molecule has 0 aromatic heterocycles. The zero-order chi connectivity index (χ0) is 12.4. The molecule has 17 heavy (non-hydrogen) atoms. The third kappa shape index (κ3) is 3.93. The SMILES string of the molecule is CC1(CNC2CCS(=O)(=O)CC2)CCOCC1. The molecular weight excluding hydrogens is 238 g/mol. The van der Waals surface area contributed by atoms with Gasteiger partial charge >= 0.3 is 0 Å². The van der Waals surface area contributed by atoms with Crippen molar-refractivity contribution in [2.24, 2.45) is 5.41 Å². The van der Waals surface area contributed by atoms with Crippen molar-refractivity contribution in [2.45, 2.75) is 38.6 Å². The molecule has 100 valence electrons. The van der Waals surface area contributed by atoms with Crippen LogP contribution in [0.15, 0.2) is 0 Å². The molecule has 2 aliphatic rings. The Kier molecular flexibility index (Phi) is 4.10. The summed E-state index contributed by atoms with van der Waals surface area (Å²) in [5, 5.41) is 3.55. The highest BCUT2D eigenvalue weighted by Gasteiger charge is 2.29. The van der Waals surface area contributed by atoms with Crippen LogP contribution in [0, 0.1) is 5.41 Å². The van der Waals surface area contributed by atoms with Gasteiger partial charge in [-0.25, -0.2) is 8.42 Å². The fourth-order valence-electron chi connectivity index (χ4n) is 2.53. The van der Waals surface area contributed by atoms with Crippen LogP contribution in [-0.2, 0) is 14.6 Å². The Labute approximate surface area is 104 Å². The Bertz CT molecular complexity index is 333. The summed E-state index contributed by atoms with van der Waals surface area (Å²) in [5.41, 5.74) is 0.328. The summed E-state index contributed by atoms with van der Waals surface area (Å²) in [6.07, 6.45) is 3.75. The summed E-state index contributed by atoms with van der Waals surface area (Å²) in [6.45, 7) is 5.00. The first kappa shape index (κ1) is 13.3. The minimum atomic E-state index is -2.73. The van der Waals surface area contributed by atoms with E-state index in [-0.39, 0.29) is 0 Å². The Morgan fingerprint density at radius 3 is 2.41 bits per heavy atom.